The van der Waals surface area contributed by atoms with Gasteiger partial charge in [-0.3, -0.25) is 4.79 Å². The molecule has 1 aliphatic heterocycles. The number of guanidine groups is 1. The lowest BCUT2D eigenvalue weighted by atomic mass is 9.95. The molecule has 1 fully saturated rings. The molecular weight excluding hydrogens is 467 g/mol. The minimum atomic E-state index is -0.219. The van der Waals surface area contributed by atoms with Gasteiger partial charge in [-0.15, -0.1) is 24.0 Å². The molecule has 1 heterocycles. The summed E-state index contributed by atoms with van der Waals surface area (Å²) >= 11 is 0. The zero-order chi connectivity index (χ0) is 19.6. The molecule has 1 aliphatic rings. The summed E-state index contributed by atoms with van der Waals surface area (Å²) in [6.07, 6.45) is 2.56. The van der Waals surface area contributed by atoms with E-state index in [2.05, 4.69) is 43.1 Å². The Balaban J connectivity index is 0.00000392. The number of piperidine rings is 1. The van der Waals surface area contributed by atoms with Gasteiger partial charge in [0.2, 0.25) is 5.91 Å². The molecule has 2 rings (SSSR count). The molecule has 1 aromatic rings. The highest BCUT2D eigenvalue weighted by atomic mass is 127. The van der Waals surface area contributed by atoms with E-state index in [9.17, 15) is 4.79 Å². The Bertz CT molecular complexity index is 619. The number of nitrogens with two attached hydrogens (primary N) is 1. The predicted octanol–water partition coefficient (Wildman–Crippen LogP) is 3.39. The van der Waals surface area contributed by atoms with Crippen molar-refractivity contribution in [3.63, 3.8) is 0 Å². The van der Waals surface area contributed by atoms with E-state index >= 15 is 0 Å². The van der Waals surface area contributed by atoms with Crippen LogP contribution < -0.4 is 15.8 Å². The van der Waals surface area contributed by atoms with E-state index in [1.165, 1.54) is 0 Å². The Kier molecular flexibility index (Phi) is 11.3. The molecule has 0 spiro atoms. The molecule has 1 atom stereocenters. The highest BCUT2D eigenvalue weighted by molar-refractivity contribution is 14.0. The summed E-state index contributed by atoms with van der Waals surface area (Å²) < 4.78 is 5.73. The van der Waals surface area contributed by atoms with Crippen LogP contribution in [0.2, 0.25) is 0 Å². The number of halogens is 1. The van der Waals surface area contributed by atoms with Gasteiger partial charge < -0.3 is 20.7 Å². The number of amides is 1. The van der Waals surface area contributed by atoms with Gasteiger partial charge in [0.05, 0.1) is 13.2 Å². The van der Waals surface area contributed by atoms with Gasteiger partial charge in [-0.05, 0) is 49.3 Å². The second kappa shape index (κ2) is 12.9. The molecule has 6 nitrogen and oxygen atoms in total. The van der Waals surface area contributed by atoms with Crippen molar-refractivity contribution in [1.82, 2.24) is 10.2 Å². The summed E-state index contributed by atoms with van der Waals surface area (Å²) in [6, 6.07) is 8.14. The SMILES string of the molecule is CCNC(=NCc1ccc(OCC(C)C)cc1)N1CCCC(CC(N)=O)C1.I. The molecule has 1 amide bonds. The topological polar surface area (TPSA) is 80.0 Å². The number of ether oxygens (including phenoxy) is 1. The highest BCUT2D eigenvalue weighted by Crippen LogP contribution is 2.20. The fourth-order valence-corrected chi connectivity index (χ4v) is 3.25. The Morgan fingerprint density at radius 1 is 1.36 bits per heavy atom. The molecule has 28 heavy (non-hydrogen) atoms. The first-order valence-electron chi connectivity index (χ1n) is 10.0. The fraction of sp³-hybridized carbons (Fsp3) is 0.619. The maximum Gasteiger partial charge on any atom is 0.217 e. The van der Waals surface area contributed by atoms with Crippen molar-refractivity contribution < 1.29 is 9.53 Å². The van der Waals surface area contributed by atoms with Crippen molar-refractivity contribution in [2.45, 2.75) is 46.6 Å². The van der Waals surface area contributed by atoms with Crippen LogP contribution in [0.3, 0.4) is 0 Å². The first kappa shape index (κ1) is 24.5. The van der Waals surface area contributed by atoms with Gasteiger partial charge in [-0.25, -0.2) is 4.99 Å². The lowest BCUT2D eigenvalue weighted by Gasteiger charge is -2.34. The van der Waals surface area contributed by atoms with Gasteiger partial charge in [-0.2, -0.15) is 0 Å². The van der Waals surface area contributed by atoms with Crippen LogP contribution in [0.15, 0.2) is 29.3 Å². The molecule has 158 valence electrons. The number of hydrogen-bond donors (Lipinski definition) is 2. The standard InChI is InChI=1S/C21H34N4O2.HI/c1-4-23-21(25-11-5-6-18(14-25)12-20(22)26)24-13-17-7-9-19(10-8-17)27-15-16(2)3;/h7-10,16,18H,4-6,11-15H2,1-3H3,(H2,22,26)(H,23,24);1H. The summed E-state index contributed by atoms with van der Waals surface area (Å²) in [5.41, 5.74) is 6.52. The minimum Gasteiger partial charge on any atom is -0.493 e. The van der Waals surface area contributed by atoms with Crippen LogP contribution in [-0.2, 0) is 11.3 Å². The third-order valence-corrected chi connectivity index (χ3v) is 4.56. The van der Waals surface area contributed by atoms with Gasteiger partial charge in [-0.1, -0.05) is 26.0 Å². The predicted molar refractivity (Wildman–Crippen MR) is 125 cm³/mol. The van der Waals surface area contributed by atoms with Crippen LogP contribution in [0.5, 0.6) is 5.75 Å². The summed E-state index contributed by atoms with van der Waals surface area (Å²) in [5.74, 6) is 2.42. The monoisotopic (exact) mass is 502 g/mol. The smallest absolute Gasteiger partial charge is 0.217 e. The zero-order valence-corrected chi connectivity index (χ0v) is 19.6. The summed E-state index contributed by atoms with van der Waals surface area (Å²) in [5, 5.41) is 3.38. The van der Waals surface area contributed by atoms with Crippen molar-refractivity contribution in [1.29, 1.82) is 0 Å². The molecule has 0 saturated carbocycles. The number of primary amides is 1. The van der Waals surface area contributed by atoms with Gasteiger partial charge in [0.15, 0.2) is 5.96 Å². The van der Waals surface area contributed by atoms with E-state index in [1.807, 2.05) is 12.1 Å². The number of rotatable bonds is 8. The number of carbonyl (C=O) groups excluding carboxylic acids is 1. The Morgan fingerprint density at radius 2 is 2.07 bits per heavy atom. The maximum absolute atomic E-state index is 11.2. The molecule has 1 aromatic carbocycles. The number of hydrogen-bond acceptors (Lipinski definition) is 3. The normalized spacial score (nSPS) is 17.2. The molecule has 0 radical (unpaired) electrons. The Hall–Kier alpha value is -1.51. The average Bonchev–Trinajstić information content (AvgIpc) is 2.64. The highest BCUT2D eigenvalue weighted by Gasteiger charge is 2.23. The van der Waals surface area contributed by atoms with E-state index in [0.717, 1.165) is 56.4 Å². The lowest BCUT2D eigenvalue weighted by molar-refractivity contribution is -0.119. The van der Waals surface area contributed by atoms with Crippen molar-refractivity contribution in [2.75, 3.05) is 26.2 Å². The van der Waals surface area contributed by atoms with Gasteiger partial charge in [0.25, 0.3) is 0 Å². The molecule has 7 heteroatoms. The van der Waals surface area contributed by atoms with E-state index in [0.29, 0.717) is 24.8 Å². The Morgan fingerprint density at radius 3 is 2.68 bits per heavy atom. The van der Waals surface area contributed by atoms with Crippen molar-refractivity contribution in [3.8, 4) is 5.75 Å². The summed E-state index contributed by atoms with van der Waals surface area (Å²) in [4.78, 5) is 18.3. The average molecular weight is 502 g/mol. The molecule has 0 bridgehead atoms. The largest absolute Gasteiger partial charge is 0.493 e. The van der Waals surface area contributed by atoms with E-state index < -0.39 is 0 Å². The van der Waals surface area contributed by atoms with Gasteiger partial charge >= 0.3 is 0 Å². The minimum absolute atomic E-state index is 0. The van der Waals surface area contributed by atoms with Crippen molar-refractivity contribution >= 4 is 35.8 Å². The third kappa shape index (κ3) is 8.67. The summed E-state index contributed by atoms with van der Waals surface area (Å²) in [6.45, 7) is 10.3. The second-order valence-corrected chi connectivity index (χ2v) is 7.64. The quantitative estimate of drug-likeness (QED) is 0.325. The number of likely N-dealkylation sites (tertiary alicyclic amines) is 1. The van der Waals surface area contributed by atoms with Crippen LogP contribution >= 0.6 is 24.0 Å². The number of carbonyl (C=O) groups is 1. The first-order valence-corrected chi connectivity index (χ1v) is 10.0. The maximum atomic E-state index is 11.2. The second-order valence-electron chi connectivity index (χ2n) is 7.64. The number of aliphatic imine (C=N–C) groups is 1. The first-order chi connectivity index (χ1) is 13.0. The van der Waals surface area contributed by atoms with E-state index in [-0.39, 0.29) is 29.9 Å². The number of nitrogens with one attached hydrogen (secondary N) is 1. The fourth-order valence-electron chi connectivity index (χ4n) is 3.25. The Labute approximate surface area is 186 Å². The van der Waals surface area contributed by atoms with Gasteiger partial charge in [0.1, 0.15) is 5.75 Å². The van der Waals surface area contributed by atoms with Crippen molar-refractivity contribution in [3.05, 3.63) is 29.8 Å². The van der Waals surface area contributed by atoms with Crippen LogP contribution in [-0.4, -0.2) is 43.0 Å². The molecule has 1 saturated heterocycles. The molecular formula is C21H35IN4O2. The number of nitrogens with zero attached hydrogens (tertiary/aromatic N) is 2. The van der Waals surface area contributed by atoms with Crippen LogP contribution in [0.4, 0.5) is 0 Å². The van der Waals surface area contributed by atoms with Gasteiger partial charge in [0, 0.05) is 26.1 Å². The van der Waals surface area contributed by atoms with E-state index in [1.54, 1.807) is 0 Å². The molecule has 0 aliphatic carbocycles. The third-order valence-electron chi connectivity index (χ3n) is 4.56. The summed E-state index contributed by atoms with van der Waals surface area (Å²) in [7, 11) is 0. The van der Waals surface area contributed by atoms with Crippen molar-refractivity contribution in [2.24, 2.45) is 22.6 Å². The molecule has 3 N–H and O–H groups in total. The molecule has 1 unspecified atom stereocenters. The lowest BCUT2D eigenvalue weighted by Crippen LogP contribution is -2.47. The number of benzene rings is 1. The van der Waals surface area contributed by atoms with E-state index in [4.69, 9.17) is 15.5 Å². The van der Waals surface area contributed by atoms with Crippen LogP contribution in [0.25, 0.3) is 0 Å². The molecule has 0 aromatic heterocycles. The van der Waals surface area contributed by atoms with Crippen LogP contribution in [0, 0.1) is 11.8 Å². The zero-order valence-electron chi connectivity index (χ0n) is 17.3. The van der Waals surface area contributed by atoms with Crippen LogP contribution in [0.1, 0.15) is 45.6 Å².